The molecule has 27 heavy (non-hydrogen) atoms. The largest absolute Gasteiger partial charge is 0.383 e. The molecule has 8 heteroatoms. The van der Waals surface area contributed by atoms with Crippen LogP contribution in [0.3, 0.4) is 0 Å². The van der Waals surface area contributed by atoms with E-state index in [1.54, 1.807) is 6.92 Å². The number of Topliss-reactive ketones (excluding diaryl/α,β-unsaturated/α-hetero) is 1. The third-order valence-electron chi connectivity index (χ3n) is 4.67. The Morgan fingerprint density at radius 2 is 2.11 bits per heavy atom. The van der Waals surface area contributed by atoms with Crippen LogP contribution in [0.25, 0.3) is 33.3 Å². The van der Waals surface area contributed by atoms with E-state index in [1.807, 2.05) is 28.9 Å². The van der Waals surface area contributed by atoms with Crippen LogP contribution < -0.4 is 11.5 Å². The first-order valence-electron chi connectivity index (χ1n) is 8.90. The van der Waals surface area contributed by atoms with Crippen LogP contribution in [-0.4, -0.2) is 37.1 Å². The van der Waals surface area contributed by atoms with Gasteiger partial charge in [0.1, 0.15) is 17.8 Å². The molecule has 0 aliphatic rings. The number of nitrogen functional groups attached to an aromatic ring is 1. The van der Waals surface area contributed by atoms with Crippen LogP contribution in [0, 0.1) is 0 Å². The van der Waals surface area contributed by atoms with Gasteiger partial charge < -0.3 is 16.5 Å². The van der Waals surface area contributed by atoms with Crippen molar-refractivity contribution in [1.29, 1.82) is 0 Å². The lowest BCUT2D eigenvalue weighted by Crippen LogP contribution is -2.05. The molecule has 0 spiro atoms. The summed E-state index contributed by atoms with van der Waals surface area (Å²) in [5, 5.41) is 6.39. The van der Waals surface area contributed by atoms with E-state index in [4.69, 9.17) is 16.6 Å². The number of aryl methyl sites for hydroxylation is 1. The number of benzene rings is 1. The number of fused-ring (bicyclic) bond motifs is 2. The summed E-state index contributed by atoms with van der Waals surface area (Å²) < 4.78 is 1.84. The van der Waals surface area contributed by atoms with Gasteiger partial charge in [-0.05, 0) is 38.4 Å². The molecule has 0 amide bonds. The van der Waals surface area contributed by atoms with Crippen LogP contribution in [0.15, 0.2) is 30.6 Å². The smallest absolute Gasteiger partial charge is 0.164 e. The fourth-order valence-corrected chi connectivity index (χ4v) is 3.36. The summed E-state index contributed by atoms with van der Waals surface area (Å²) in [6.45, 7) is 2.89. The number of aromatic amines is 1. The van der Waals surface area contributed by atoms with Gasteiger partial charge in [0.15, 0.2) is 11.4 Å². The SMILES string of the molecule is CC(=O)c1cccc2cc(-c3nn(CCCCN)c4ncnc(N)c34)[nH]c12. The minimum Gasteiger partial charge on any atom is -0.383 e. The number of aromatic nitrogens is 5. The molecule has 0 saturated heterocycles. The lowest BCUT2D eigenvalue weighted by Gasteiger charge is -2.01. The minimum absolute atomic E-state index is 0.00835. The molecule has 0 aliphatic carbocycles. The number of ketones is 1. The molecule has 3 aromatic heterocycles. The first kappa shape index (κ1) is 17.2. The number of nitrogens with zero attached hydrogens (tertiary/aromatic N) is 4. The van der Waals surface area contributed by atoms with E-state index >= 15 is 0 Å². The van der Waals surface area contributed by atoms with E-state index < -0.39 is 0 Å². The van der Waals surface area contributed by atoms with E-state index in [-0.39, 0.29) is 5.78 Å². The third kappa shape index (κ3) is 2.93. The average molecular weight is 363 g/mol. The van der Waals surface area contributed by atoms with E-state index in [0.29, 0.717) is 41.2 Å². The average Bonchev–Trinajstić information content (AvgIpc) is 3.24. The Balaban J connectivity index is 1.90. The number of hydrogen-bond acceptors (Lipinski definition) is 6. The molecule has 0 unspecified atom stereocenters. The summed E-state index contributed by atoms with van der Waals surface area (Å²) in [6.07, 6.45) is 3.26. The van der Waals surface area contributed by atoms with E-state index in [2.05, 4.69) is 15.0 Å². The van der Waals surface area contributed by atoms with Gasteiger partial charge in [0.05, 0.1) is 16.6 Å². The molecule has 4 aromatic rings. The van der Waals surface area contributed by atoms with Gasteiger partial charge >= 0.3 is 0 Å². The molecule has 1 aromatic carbocycles. The molecule has 138 valence electrons. The van der Waals surface area contributed by atoms with Gasteiger partial charge in [-0.15, -0.1) is 0 Å². The summed E-state index contributed by atoms with van der Waals surface area (Å²) >= 11 is 0. The molecule has 4 rings (SSSR count). The lowest BCUT2D eigenvalue weighted by molar-refractivity contribution is 0.101. The molecule has 0 saturated carbocycles. The number of H-pyrrole nitrogens is 1. The highest BCUT2D eigenvalue weighted by molar-refractivity contribution is 6.07. The fraction of sp³-hybridized carbons (Fsp3) is 0.263. The number of rotatable bonds is 6. The summed E-state index contributed by atoms with van der Waals surface area (Å²) in [4.78, 5) is 23.8. The van der Waals surface area contributed by atoms with Crippen molar-refractivity contribution in [3.05, 3.63) is 36.2 Å². The van der Waals surface area contributed by atoms with E-state index in [0.717, 1.165) is 29.4 Å². The summed E-state index contributed by atoms with van der Waals surface area (Å²) in [5.41, 5.74) is 15.3. The molecular weight excluding hydrogens is 342 g/mol. The number of nitrogens with one attached hydrogen (secondary N) is 1. The minimum atomic E-state index is 0.00835. The highest BCUT2D eigenvalue weighted by Crippen LogP contribution is 2.32. The standard InChI is InChI=1S/C19H21N7O/c1-11(27)13-6-4-5-12-9-14(24-16(12)13)17-15-18(21)22-10-23-19(15)26(25-17)8-3-2-7-20/h4-6,9-10,24H,2-3,7-8,20H2,1H3,(H2,21,22,23). The van der Waals surface area contributed by atoms with Gasteiger partial charge in [-0.3, -0.25) is 4.79 Å². The summed E-state index contributed by atoms with van der Waals surface area (Å²) in [6, 6.07) is 7.62. The van der Waals surface area contributed by atoms with Crippen LogP contribution in [0.4, 0.5) is 5.82 Å². The maximum Gasteiger partial charge on any atom is 0.164 e. The predicted octanol–water partition coefficient (Wildman–Crippen LogP) is 2.50. The highest BCUT2D eigenvalue weighted by atomic mass is 16.1. The second-order valence-electron chi connectivity index (χ2n) is 6.53. The van der Waals surface area contributed by atoms with Crippen molar-refractivity contribution in [3.8, 4) is 11.4 Å². The molecule has 0 aliphatic heterocycles. The van der Waals surface area contributed by atoms with Gasteiger partial charge in [-0.2, -0.15) is 5.10 Å². The predicted molar refractivity (Wildman–Crippen MR) is 105 cm³/mol. The third-order valence-corrected chi connectivity index (χ3v) is 4.67. The Bertz CT molecular complexity index is 1140. The van der Waals surface area contributed by atoms with Crippen molar-refractivity contribution in [2.24, 2.45) is 5.73 Å². The van der Waals surface area contributed by atoms with Crippen molar-refractivity contribution in [1.82, 2.24) is 24.7 Å². The number of anilines is 1. The molecule has 0 atom stereocenters. The first-order chi connectivity index (χ1) is 13.1. The van der Waals surface area contributed by atoms with Crippen LogP contribution in [0.5, 0.6) is 0 Å². The molecular formula is C19H21N7O. The maximum atomic E-state index is 11.9. The van der Waals surface area contributed by atoms with Crippen LogP contribution in [0.2, 0.25) is 0 Å². The molecule has 0 fully saturated rings. The van der Waals surface area contributed by atoms with E-state index in [9.17, 15) is 4.79 Å². The van der Waals surface area contributed by atoms with Crippen molar-refractivity contribution in [2.75, 3.05) is 12.3 Å². The zero-order valence-electron chi connectivity index (χ0n) is 15.1. The fourth-order valence-electron chi connectivity index (χ4n) is 3.36. The van der Waals surface area contributed by atoms with Crippen molar-refractivity contribution >= 4 is 33.5 Å². The van der Waals surface area contributed by atoms with E-state index in [1.165, 1.54) is 6.33 Å². The van der Waals surface area contributed by atoms with Gasteiger partial charge in [0.25, 0.3) is 0 Å². The second-order valence-corrected chi connectivity index (χ2v) is 6.53. The Kier molecular flexibility index (Phi) is 4.33. The van der Waals surface area contributed by atoms with Crippen molar-refractivity contribution in [3.63, 3.8) is 0 Å². The molecule has 0 bridgehead atoms. The summed E-state index contributed by atoms with van der Waals surface area (Å²) in [7, 11) is 0. The second kappa shape index (κ2) is 6.81. The monoisotopic (exact) mass is 363 g/mol. The van der Waals surface area contributed by atoms with Crippen molar-refractivity contribution < 1.29 is 4.79 Å². The number of para-hydroxylation sites is 1. The number of nitrogens with two attached hydrogens (primary N) is 2. The van der Waals surface area contributed by atoms with Gasteiger partial charge in [0, 0.05) is 17.5 Å². The number of hydrogen-bond donors (Lipinski definition) is 3. The topological polar surface area (TPSA) is 128 Å². The zero-order valence-corrected chi connectivity index (χ0v) is 15.1. The van der Waals surface area contributed by atoms with Gasteiger partial charge in [-0.25, -0.2) is 14.6 Å². The molecule has 0 radical (unpaired) electrons. The van der Waals surface area contributed by atoms with Crippen LogP contribution >= 0.6 is 0 Å². The number of carbonyl (C=O) groups is 1. The molecule has 5 N–H and O–H groups in total. The number of unbranched alkanes of at least 4 members (excludes halogenated alkanes) is 1. The highest BCUT2D eigenvalue weighted by Gasteiger charge is 2.19. The first-order valence-corrected chi connectivity index (χ1v) is 8.90. The maximum absolute atomic E-state index is 11.9. The normalized spacial score (nSPS) is 11.5. The quantitative estimate of drug-likeness (QED) is 0.356. The van der Waals surface area contributed by atoms with Gasteiger partial charge in [0.2, 0.25) is 0 Å². The van der Waals surface area contributed by atoms with Crippen LogP contribution in [0.1, 0.15) is 30.1 Å². The summed E-state index contributed by atoms with van der Waals surface area (Å²) in [5.74, 6) is 0.388. The Labute approximate surface area is 155 Å². The lowest BCUT2D eigenvalue weighted by atomic mass is 10.1. The number of carbonyl (C=O) groups excluding carboxylic acids is 1. The molecule has 3 heterocycles. The Morgan fingerprint density at radius 3 is 2.89 bits per heavy atom. The van der Waals surface area contributed by atoms with Gasteiger partial charge in [-0.1, -0.05) is 12.1 Å². The van der Waals surface area contributed by atoms with Crippen LogP contribution in [-0.2, 0) is 6.54 Å². The molecule has 8 nitrogen and oxygen atoms in total. The Hall–Kier alpha value is -3.26. The Morgan fingerprint density at radius 1 is 1.26 bits per heavy atom. The van der Waals surface area contributed by atoms with Crippen molar-refractivity contribution in [2.45, 2.75) is 26.3 Å². The zero-order chi connectivity index (χ0) is 19.0.